The van der Waals surface area contributed by atoms with Crippen LogP contribution in [0.4, 0.5) is 5.69 Å². The van der Waals surface area contributed by atoms with Gasteiger partial charge in [0.1, 0.15) is 10.9 Å². The molecule has 1 unspecified atom stereocenters. The molecule has 1 heterocycles. The zero-order valence-corrected chi connectivity index (χ0v) is 13.1. The van der Waals surface area contributed by atoms with Gasteiger partial charge >= 0.3 is 0 Å². The Morgan fingerprint density at radius 3 is 2.90 bits per heavy atom. The van der Waals surface area contributed by atoms with Crippen molar-refractivity contribution in [2.24, 2.45) is 0 Å². The second-order valence-electron chi connectivity index (χ2n) is 5.55. The van der Waals surface area contributed by atoms with Gasteiger partial charge in [0.15, 0.2) is 0 Å². The molecule has 0 saturated carbocycles. The summed E-state index contributed by atoms with van der Waals surface area (Å²) in [6.07, 6.45) is 5.03. The number of pyridine rings is 1. The molecule has 0 aliphatic heterocycles. The highest BCUT2D eigenvalue weighted by Gasteiger charge is 2.19. The zero-order chi connectivity index (χ0) is 14.8. The van der Waals surface area contributed by atoms with Crippen LogP contribution in [0.5, 0.6) is 5.75 Å². The Bertz CT molecular complexity index is 657. The predicted octanol–water partition coefficient (Wildman–Crippen LogP) is 4.02. The minimum Gasteiger partial charge on any atom is -0.497 e. The van der Waals surface area contributed by atoms with Gasteiger partial charge in [-0.25, -0.2) is 4.98 Å². The van der Waals surface area contributed by atoms with Gasteiger partial charge in [-0.1, -0.05) is 17.7 Å². The largest absolute Gasteiger partial charge is 0.497 e. The van der Waals surface area contributed by atoms with E-state index in [4.69, 9.17) is 16.3 Å². The SMILES string of the molecule is COc1ccc2c(c1)CC(Nc1cnc(Cl)c(C)c1)CC2. The van der Waals surface area contributed by atoms with Gasteiger partial charge in [0.2, 0.25) is 0 Å². The summed E-state index contributed by atoms with van der Waals surface area (Å²) in [5.41, 5.74) is 4.84. The van der Waals surface area contributed by atoms with Crippen molar-refractivity contribution in [1.82, 2.24) is 4.98 Å². The van der Waals surface area contributed by atoms with Gasteiger partial charge in [-0.2, -0.15) is 0 Å². The number of aromatic nitrogens is 1. The lowest BCUT2D eigenvalue weighted by molar-refractivity contribution is 0.413. The lowest BCUT2D eigenvalue weighted by atomic mass is 9.88. The minimum absolute atomic E-state index is 0.423. The van der Waals surface area contributed by atoms with Gasteiger partial charge < -0.3 is 10.1 Å². The van der Waals surface area contributed by atoms with Crippen molar-refractivity contribution in [2.75, 3.05) is 12.4 Å². The first-order valence-electron chi connectivity index (χ1n) is 7.20. The average molecular weight is 303 g/mol. The Labute approximate surface area is 130 Å². The van der Waals surface area contributed by atoms with E-state index in [0.29, 0.717) is 11.2 Å². The van der Waals surface area contributed by atoms with E-state index in [1.807, 2.05) is 13.0 Å². The van der Waals surface area contributed by atoms with Crippen molar-refractivity contribution in [3.05, 3.63) is 52.3 Å². The number of benzene rings is 1. The molecule has 4 heteroatoms. The van der Waals surface area contributed by atoms with Gasteiger partial charge in [0.05, 0.1) is 19.0 Å². The summed E-state index contributed by atoms with van der Waals surface area (Å²) in [6.45, 7) is 1.97. The molecule has 1 N–H and O–H groups in total. The molecule has 0 bridgehead atoms. The second kappa shape index (κ2) is 5.94. The number of hydrogen-bond acceptors (Lipinski definition) is 3. The Morgan fingerprint density at radius 2 is 2.14 bits per heavy atom. The lowest BCUT2D eigenvalue weighted by Gasteiger charge is -2.26. The van der Waals surface area contributed by atoms with E-state index in [9.17, 15) is 0 Å². The summed E-state index contributed by atoms with van der Waals surface area (Å²) in [5.74, 6) is 0.929. The average Bonchev–Trinajstić information content (AvgIpc) is 2.50. The molecular formula is C17H19ClN2O. The maximum absolute atomic E-state index is 5.97. The Balaban J connectivity index is 1.74. The smallest absolute Gasteiger partial charge is 0.132 e. The Hall–Kier alpha value is -1.74. The van der Waals surface area contributed by atoms with Crippen molar-refractivity contribution in [3.8, 4) is 5.75 Å². The van der Waals surface area contributed by atoms with Crippen LogP contribution in [0.2, 0.25) is 5.15 Å². The van der Waals surface area contributed by atoms with Crippen molar-refractivity contribution in [2.45, 2.75) is 32.2 Å². The van der Waals surface area contributed by atoms with Gasteiger partial charge in [0, 0.05) is 6.04 Å². The number of hydrogen-bond donors (Lipinski definition) is 1. The fraction of sp³-hybridized carbons (Fsp3) is 0.353. The van der Waals surface area contributed by atoms with E-state index in [-0.39, 0.29) is 0 Å². The van der Waals surface area contributed by atoms with Crippen molar-refractivity contribution >= 4 is 17.3 Å². The highest BCUT2D eigenvalue weighted by molar-refractivity contribution is 6.30. The van der Waals surface area contributed by atoms with E-state index < -0.39 is 0 Å². The number of halogens is 1. The van der Waals surface area contributed by atoms with Gasteiger partial charge in [-0.05, 0) is 61.1 Å². The van der Waals surface area contributed by atoms with E-state index in [0.717, 1.165) is 36.3 Å². The fourth-order valence-electron chi connectivity index (χ4n) is 2.86. The number of ether oxygens (including phenoxy) is 1. The van der Waals surface area contributed by atoms with Gasteiger partial charge in [-0.3, -0.25) is 0 Å². The molecule has 0 saturated heterocycles. The highest BCUT2D eigenvalue weighted by Crippen LogP contribution is 2.27. The number of aryl methyl sites for hydroxylation is 2. The molecule has 0 radical (unpaired) electrons. The normalized spacial score (nSPS) is 17.2. The van der Waals surface area contributed by atoms with Gasteiger partial charge in [-0.15, -0.1) is 0 Å². The van der Waals surface area contributed by atoms with Crippen molar-refractivity contribution in [3.63, 3.8) is 0 Å². The quantitative estimate of drug-likeness (QED) is 0.870. The first-order chi connectivity index (χ1) is 10.2. The topological polar surface area (TPSA) is 34.1 Å². The fourth-order valence-corrected chi connectivity index (χ4v) is 2.96. The maximum atomic E-state index is 5.97. The number of anilines is 1. The molecule has 2 aromatic rings. The van der Waals surface area contributed by atoms with Crippen LogP contribution in [0.15, 0.2) is 30.5 Å². The van der Waals surface area contributed by atoms with Crippen LogP contribution in [0.3, 0.4) is 0 Å². The predicted molar refractivity (Wildman–Crippen MR) is 86.4 cm³/mol. The highest BCUT2D eigenvalue weighted by atomic mass is 35.5. The van der Waals surface area contributed by atoms with Crippen LogP contribution in [0, 0.1) is 6.92 Å². The van der Waals surface area contributed by atoms with Crippen molar-refractivity contribution < 1.29 is 4.74 Å². The summed E-state index contributed by atoms with van der Waals surface area (Å²) in [4.78, 5) is 4.20. The van der Waals surface area contributed by atoms with E-state index in [2.05, 4.69) is 28.5 Å². The first kappa shape index (κ1) is 14.2. The van der Waals surface area contributed by atoms with Crippen LogP contribution in [0.1, 0.15) is 23.1 Å². The standard InChI is InChI=1S/C17H19ClN2O/c1-11-7-15(10-19-17(11)18)20-14-5-3-12-4-6-16(21-2)9-13(12)8-14/h4,6-7,9-10,14,20H,3,5,8H2,1-2H3. The minimum atomic E-state index is 0.423. The van der Waals surface area contributed by atoms with Crippen LogP contribution in [-0.2, 0) is 12.8 Å². The molecule has 3 rings (SSSR count). The van der Waals surface area contributed by atoms with Gasteiger partial charge in [0.25, 0.3) is 0 Å². The molecule has 1 aromatic carbocycles. The van der Waals surface area contributed by atoms with Crippen LogP contribution < -0.4 is 10.1 Å². The third kappa shape index (κ3) is 3.13. The molecular weight excluding hydrogens is 284 g/mol. The molecule has 1 atom stereocenters. The molecule has 1 aliphatic rings. The molecule has 21 heavy (non-hydrogen) atoms. The second-order valence-corrected chi connectivity index (χ2v) is 5.91. The first-order valence-corrected chi connectivity index (χ1v) is 7.58. The summed E-state index contributed by atoms with van der Waals surface area (Å²) >= 11 is 5.97. The molecule has 0 fully saturated rings. The molecule has 3 nitrogen and oxygen atoms in total. The summed E-state index contributed by atoms with van der Waals surface area (Å²) in [5, 5.41) is 4.13. The molecule has 1 aliphatic carbocycles. The summed E-state index contributed by atoms with van der Waals surface area (Å²) < 4.78 is 5.32. The Morgan fingerprint density at radius 1 is 1.29 bits per heavy atom. The summed E-state index contributed by atoms with van der Waals surface area (Å²) in [6, 6.07) is 8.84. The third-order valence-corrected chi connectivity index (χ3v) is 4.42. The van der Waals surface area contributed by atoms with Crippen LogP contribution in [0.25, 0.3) is 0 Å². The number of nitrogens with zero attached hydrogens (tertiary/aromatic N) is 1. The monoisotopic (exact) mass is 302 g/mol. The van der Waals surface area contributed by atoms with E-state index >= 15 is 0 Å². The van der Waals surface area contributed by atoms with E-state index in [1.54, 1.807) is 13.3 Å². The van der Waals surface area contributed by atoms with Crippen molar-refractivity contribution in [1.29, 1.82) is 0 Å². The molecule has 110 valence electrons. The Kier molecular flexibility index (Phi) is 4.02. The molecule has 0 amide bonds. The van der Waals surface area contributed by atoms with E-state index in [1.165, 1.54) is 11.1 Å². The number of fused-ring (bicyclic) bond motifs is 1. The maximum Gasteiger partial charge on any atom is 0.132 e. The number of methoxy groups -OCH3 is 1. The molecule has 1 aromatic heterocycles. The number of rotatable bonds is 3. The zero-order valence-electron chi connectivity index (χ0n) is 12.3. The summed E-state index contributed by atoms with van der Waals surface area (Å²) in [7, 11) is 1.71. The van der Waals surface area contributed by atoms with Crippen LogP contribution in [-0.4, -0.2) is 18.1 Å². The number of nitrogens with one attached hydrogen (secondary N) is 1. The lowest BCUT2D eigenvalue weighted by Crippen LogP contribution is -2.27. The van der Waals surface area contributed by atoms with Crippen LogP contribution >= 0.6 is 11.6 Å². The third-order valence-electron chi connectivity index (χ3n) is 4.03. The molecule has 0 spiro atoms.